The molecule has 3 nitrogen and oxygen atoms in total. The molecule has 0 spiro atoms. The van der Waals surface area contributed by atoms with Gasteiger partial charge in [0, 0.05) is 16.7 Å². The van der Waals surface area contributed by atoms with Crippen molar-refractivity contribution in [3.05, 3.63) is 68.8 Å². The molecule has 0 amide bonds. The van der Waals surface area contributed by atoms with Gasteiger partial charge in [-0.25, -0.2) is 0 Å². The van der Waals surface area contributed by atoms with Gasteiger partial charge in [0.1, 0.15) is 6.04 Å². The van der Waals surface area contributed by atoms with Crippen LogP contribution < -0.4 is 0 Å². The Bertz CT molecular complexity index is 654. The van der Waals surface area contributed by atoms with Gasteiger partial charge in [0.15, 0.2) is 0 Å². The number of hydrogen-bond donors (Lipinski definition) is 1. The fraction of sp³-hybridized carbons (Fsp3) is 0.235. The van der Waals surface area contributed by atoms with E-state index >= 15 is 0 Å². The molecule has 1 atom stereocenters. The van der Waals surface area contributed by atoms with E-state index in [0.717, 1.165) is 29.7 Å². The number of aliphatic carboxylic acids is 1. The first-order valence-electron chi connectivity index (χ1n) is 6.94. The number of hydrogen-bond acceptors (Lipinski definition) is 2. The van der Waals surface area contributed by atoms with Gasteiger partial charge in [-0.05, 0) is 57.8 Å². The highest BCUT2D eigenvalue weighted by Crippen LogP contribution is 2.31. The van der Waals surface area contributed by atoms with Gasteiger partial charge in [0.2, 0.25) is 0 Å². The predicted molar refractivity (Wildman–Crippen MR) is 90.1 cm³/mol. The quantitative estimate of drug-likeness (QED) is 0.812. The zero-order valence-corrected chi connectivity index (χ0v) is 13.7. The molecule has 1 heterocycles. The summed E-state index contributed by atoms with van der Waals surface area (Å²) in [5.74, 6) is -0.771. The second kappa shape index (κ2) is 6.15. The van der Waals surface area contributed by atoms with Crippen LogP contribution in [0, 0.1) is 3.57 Å². The Morgan fingerprint density at radius 1 is 1.19 bits per heavy atom. The molecule has 21 heavy (non-hydrogen) atoms. The Labute approximate surface area is 137 Å². The van der Waals surface area contributed by atoms with Gasteiger partial charge in [-0.15, -0.1) is 0 Å². The van der Waals surface area contributed by atoms with Gasteiger partial charge < -0.3 is 5.11 Å². The van der Waals surface area contributed by atoms with E-state index in [9.17, 15) is 9.90 Å². The van der Waals surface area contributed by atoms with Crippen LogP contribution in [0.2, 0.25) is 0 Å². The van der Waals surface area contributed by atoms with Crippen LogP contribution in [-0.4, -0.2) is 22.5 Å². The monoisotopic (exact) mass is 393 g/mol. The highest BCUT2D eigenvalue weighted by Gasteiger charge is 2.32. The van der Waals surface area contributed by atoms with Crippen molar-refractivity contribution in [2.24, 2.45) is 0 Å². The summed E-state index contributed by atoms with van der Waals surface area (Å²) in [6, 6.07) is 15.6. The van der Waals surface area contributed by atoms with E-state index in [2.05, 4.69) is 46.9 Å². The molecule has 0 bridgehead atoms. The average molecular weight is 393 g/mol. The number of carboxylic acid groups (broad SMARTS) is 1. The minimum absolute atomic E-state index is 0.547. The first-order chi connectivity index (χ1) is 10.1. The smallest absolute Gasteiger partial charge is 0.325 e. The number of nitrogens with zero attached hydrogens (tertiary/aromatic N) is 1. The summed E-state index contributed by atoms with van der Waals surface area (Å²) in [7, 11) is 0. The summed E-state index contributed by atoms with van der Waals surface area (Å²) in [4.78, 5) is 13.8. The Morgan fingerprint density at radius 3 is 2.62 bits per heavy atom. The molecule has 3 rings (SSSR count). The van der Waals surface area contributed by atoms with Crippen LogP contribution in [0.1, 0.15) is 22.7 Å². The molecule has 1 N–H and O–H groups in total. The fourth-order valence-electron chi connectivity index (χ4n) is 2.90. The number of halogens is 1. The summed E-state index contributed by atoms with van der Waals surface area (Å²) in [5.41, 5.74) is 3.24. The summed E-state index contributed by atoms with van der Waals surface area (Å²) < 4.78 is 1.19. The van der Waals surface area contributed by atoms with E-state index in [1.165, 1.54) is 3.57 Å². The van der Waals surface area contributed by atoms with Crippen molar-refractivity contribution in [2.75, 3.05) is 6.54 Å². The number of carbonyl (C=O) groups is 1. The van der Waals surface area contributed by atoms with Crippen molar-refractivity contribution in [2.45, 2.75) is 19.0 Å². The number of fused-ring (bicyclic) bond motifs is 1. The second-order valence-electron chi connectivity index (χ2n) is 5.29. The maximum absolute atomic E-state index is 11.7. The molecule has 0 aromatic heterocycles. The molecular formula is C17H16INO2. The number of benzene rings is 2. The zero-order chi connectivity index (χ0) is 14.8. The molecule has 2 aromatic carbocycles. The molecule has 1 aliphatic rings. The van der Waals surface area contributed by atoms with Crippen LogP contribution in [0.3, 0.4) is 0 Å². The van der Waals surface area contributed by atoms with Gasteiger partial charge >= 0.3 is 5.97 Å². The first kappa shape index (κ1) is 14.5. The predicted octanol–water partition coefficient (Wildman–Crippen LogP) is 3.48. The van der Waals surface area contributed by atoms with E-state index in [-0.39, 0.29) is 0 Å². The lowest BCUT2D eigenvalue weighted by atomic mass is 9.92. The van der Waals surface area contributed by atoms with E-state index in [1.807, 2.05) is 29.2 Å². The number of carboxylic acids is 1. The average Bonchev–Trinajstić information content (AvgIpc) is 2.49. The fourth-order valence-corrected chi connectivity index (χ4v) is 3.26. The van der Waals surface area contributed by atoms with Crippen LogP contribution in [0.4, 0.5) is 0 Å². The van der Waals surface area contributed by atoms with Crippen LogP contribution >= 0.6 is 22.6 Å². The van der Waals surface area contributed by atoms with Crippen molar-refractivity contribution < 1.29 is 9.90 Å². The summed E-state index contributed by atoms with van der Waals surface area (Å²) >= 11 is 2.27. The SMILES string of the molecule is O=C(O)C1c2ccccc2CCN1Cc1ccc(I)cc1. The maximum Gasteiger partial charge on any atom is 0.325 e. The molecule has 1 aliphatic heterocycles. The van der Waals surface area contributed by atoms with Crippen LogP contribution in [0.15, 0.2) is 48.5 Å². The van der Waals surface area contributed by atoms with Gasteiger partial charge in [-0.1, -0.05) is 36.4 Å². The number of rotatable bonds is 3. The lowest BCUT2D eigenvalue weighted by molar-refractivity contribution is -0.144. The van der Waals surface area contributed by atoms with Crippen LogP contribution in [0.25, 0.3) is 0 Å². The highest BCUT2D eigenvalue weighted by molar-refractivity contribution is 14.1. The third-order valence-electron chi connectivity index (χ3n) is 3.92. The molecule has 0 aliphatic carbocycles. The molecule has 0 saturated carbocycles. The Hall–Kier alpha value is -1.40. The summed E-state index contributed by atoms with van der Waals surface area (Å²) in [5, 5.41) is 9.63. The molecule has 2 aromatic rings. The minimum atomic E-state index is -0.771. The van der Waals surface area contributed by atoms with E-state index < -0.39 is 12.0 Å². The van der Waals surface area contributed by atoms with Crippen molar-refractivity contribution >= 4 is 28.6 Å². The van der Waals surface area contributed by atoms with Gasteiger partial charge in [-0.3, -0.25) is 9.69 Å². The molecule has 108 valence electrons. The third kappa shape index (κ3) is 3.11. The highest BCUT2D eigenvalue weighted by atomic mass is 127. The van der Waals surface area contributed by atoms with Crippen molar-refractivity contribution in [3.8, 4) is 0 Å². The third-order valence-corrected chi connectivity index (χ3v) is 4.64. The zero-order valence-electron chi connectivity index (χ0n) is 11.5. The largest absolute Gasteiger partial charge is 0.480 e. The molecular weight excluding hydrogens is 377 g/mol. The van der Waals surface area contributed by atoms with E-state index in [0.29, 0.717) is 6.54 Å². The molecule has 0 saturated heterocycles. The van der Waals surface area contributed by atoms with Gasteiger partial charge in [0.05, 0.1) is 0 Å². The summed E-state index contributed by atoms with van der Waals surface area (Å²) in [6.07, 6.45) is 0.907. The van der Waals surface area contributed by atoms with Crippen molar-refractivity contribution in [1.82, 2.24) is 4.90 Å². The Kier molecular flexibility index (Phi) is 4.26. The lowest BCUT2D eigenvalue weighted by Crippen LogP contribution is -2.39. The van der Waals surface area contributed by atoms with E-state index in [1.54, 1.807) is 0 Å². The van der Waals surface area contributed by atoms with E-state index in [4.69, 9.17) is 0 Å². The minimum Gasteiger partial charge on any atom is -0.480 e. The standard InChI is InChI=1S/C17H16INO2/c18-14-7-5-12(6-8-14)11-19-10-9-13-3-1-2-4-15(13)16(19)17(20)21/h1-8,16H,9-11H2,(H,20,21). The Morgan fingerprint density at radius 2 is 1.90 bits per heavy atom. The normalized spacial score (nSPS) is 18.2. The molecule has 0 radical (unpaired) electrons. The first-order valence-corrected chi connectivity index (χ1v) is 8.02. The van der Waals surface area contributed by atoms with Crippen LogP contribution in [0.5, 0.6) is 0 Å². The van der Waals surface area contributed by atoms with Crippen molar-refractivity contribution in [1.29, 1.82) is 0 Å². The lowest BCUT2D eigenvalue weighted by Gasteiger charge is -2.34. The second-order valence-corrected chi connectivity index (χ2v) is 6.53. The molecule has 0 fully saturated rings. The topological polar surface area (TPSA) is 40.5 Å². The van der Waals surface area contributed by atoms with Crippen molar-refractivity contribution in [3.63, 3.8) is 0 Å². The van der Waals surface area contributed by atoms with Crippen LogP contribution in [-0.2, 0) is 17.8 Å². The van der Waals surface area contributed by atoms with Gasteiger partial charge in [-0.2, -0.15) is 0 Å². The molecule has 4 heteroatoms. The molecule has 1 unspecified atom stereocenters. The Balaban J connectivity index is 1.88. The summed E-state index contributed by atoms with van der Waals surface area (Å²) in [6.45, 7) is 1.45. The van der Waals surface area contributed by atoms with Gasteiger partial charge in [0.25, 0.3) is 0 Å². The maximum atomic E-state index is 11.7.